The Bertz CT molecular complexity index is 574. The minimum Gasteiger partial charge on any atom is -0.493 e. The third kappa shape index (κ3) is 6.74. The van der Waals surface area contributed by atoms with E-state index in [0.29, 0.717) is 0 Å². The zero-order chi connectivity index (χ0) is 17.2. The first-order chi connectivity index (χ1) is 11.0. The van der Waals surface area contributed by atoms with Gasteiger partial charge < -0.3 is 14.4 Å². The minimum absolute atomic E-state index is 0.761. The van der Waals surface area contributed by atoms with Crippen LogP contribution in [0.2, 0.25) is 0 Å². The van der Waals surface area contributed by atoms with Crippen molar-refractivity contribution in [1.29, 1.82) is 0 Å². The van der Waals surface area contributed by atoms with Gasteiger partial charge >= 0.3 is 0 Å². The van der Waals surface area contributed by atoms with Crippen molar-refractivity contribution in [3.8, 4) is 17.2 Å². The lowest BCUT2D eigenvalue weighted by atomic mass is 10.1. The van der Waals surface area contributed by atoms with E-state index in [-0.39, 0.29) is 0 Å². The summed E-state index contributed by atoms with van der Waals surface area (Å²) >= 11 is 0. The van der Waals surface area contributed by atoms with Crippen molar-refractivity contribution in [2.75, 3.05) is 28.3 Å². The van der Waals surface area contributed by atoms with Gasteiger partial charge in [-0.15, -0.1) is 0 Å². The zero-order valence-electron chi connectivity index (χ0n) is 15.2. The van der Waals surface area contributed by atoms with Crippen LogP contribution in [0.5, 0.6) is 17.2 Å². The van der Waals surface area contributed by atoms with Crippen molar-refractivity contribution in [2.24, 2.45) is 0 Å². The molecule has 0 amide bonds. The largest absolute Gasteiger partial charge is 0.493 e. The lowest BCUT2D eigenvalue weighted by molar-refractivity contribution is 0.378. The highest BCUT2D eigenvalue weighted by Gasteiger charge is 2.06. The summed E-state index contributed by atoms with van der Waals surface area (Å²) in [6, 6.07) is 14.2. The molecule has 0 N–H and O–H groups in total. The van der Waals surface area contributed by atoms with Crippen LogP contribution in [0.25, 0.3) is 0 Å². The molecule has 2 aromatic rings. The summed E-state index contributed by atoms with van der Waals surface area (Å²) < 4.78 is 11.3. The fraction of sp³-hybridized carbons (Fsp3) is 0.400. The minimum atomic E-state index is 0.761. The van der Waals surface area contributed by atoms with Crippen molar-refractivity contribution in [3.63, 3.8) is 0 Å². The average Bonchev–Trinajstić information content (AvgIpc) is 2.55. The van der Waals surface area contributed by atoms with Gasteiger partial charge in [0.05, 0.1) is 7.11 Å². The highest BCUT2D eigenvalue weighted by molar-refractivity contribution is 5.45. The molecule has 0 atom stereocenters. The standard InChI is InChI=1S/C17H20O2.C3H9N/c1-4-13-6-9-15(10-7-13)19-17-12-14(5-2)8-11-16(17)18-3;1-4(2)3/h6-12H,4-5H2,1-3H3;1-3H3. The number of rotatable bonds is 5. The number of benzene rings is 2. The number of hydrogen-bond acceptors (Lipinski definition) is 3. The molecule has 0 radical (unpaired) electrons. The molecule has 2 rings (SSSR count). The second-order valence-electron chi connectivity index (χ2n) is 5.78. The molecule has 0 spiro atoms. The first-order valence-electron chi connectivity index (χ1n) is 8.04. The van der Waals surface area contributed by atoms with E-state index in [0.717, 1.165) is 30.1 Å². The Labute approximate surface area is 140 Å². The fourth-order valence-electron chi connectivity index (χ4n) is 1.94. The Kier molecular flexibility index (Phi) is 8.20. The predicted octanol–water partition coefficient (Wildman–Crippen LogP) is 4.79. The molecule has 0 aromatic heterocycles. The molecule has 0 unspecified atom stereocenters. The van der Waals surface area contributed by atoms with E-state index < -0.39 is 0 Å². The molecule has 3 nitrogen and oxygen atoms in total. The quantitative estimate of drug-likeness (QED) is 0.792. The molecule has 0 aliphatic carbocycles. The molecule has 0 heterocycles. The molecule has 0 bridgehead atoms. The molecular formula is C20H29NO2. The first kappa shape index (κ1) is 19.0. The maximum Gasteiger partial charge on any atom is 0.169 e. The molecule has 3 heteroatoms. The lowest BCUT2D eigenvalue weighted by Gasteiger charge is -2.12. The second kappa shape index (κ2) is 9.90. The summed E-state index contributed by atoms with van der Waals surface area (Å²) in [7, 11) is 7.66. The molecule has 23 heavy (non-hydrogen) atoms. The molecule has 0 aliphatic heterocycles. The van der Waals surface area contributed by atoms with Crippen molar-refractivity contribution >= 4 is 0 Å². The smallest absolute Gasteiger partial charge is 0.169 e. The maximum atomic E-state index is 5.92. The molecule has 126 valence electrons. The van der Waals surface area contributed by atoms with Gasteiger partial charge in [-0.2, -0.15) is 0 Å². The van der Waals surface area contributed by atoms with E-state index in [1.807, 2.05) is 50.3 Å². The van der Waals surface area contributed by atoms with E-state index in [4.69, 9.17) is 9.47 Å². The van der Waals surface area contributed by atoms with Crippen LogP contribution in [0.3, 0.4) is 0 Å². The summed E-state index contributed by atoms with van der Waals surface area (Å²) in [5.74, 6) is 2.37. The van der Waals surface area contributed by atoms with Gasteiger partial charge in [0.15, 0.2) is 11.5 Å². The molecule has 0 saturated carbocycles. The maximum absolute atomic E-state index is 5.92. The van der Waals surface area contributed by atoms with E-state index in [2.05, 4.69) is 32.0 Å². The molecule has 0 fully saturated rings. The van der Waals surface area contributed by atoms with Gasteiger partial charge in [0.25, 0.3) is 0 Å². The average molecular weight is 315 g/mol. The highest BCUT2D eigenvalue weighted by Crippen LogP contribution is 2.32. The summed E-state index contributed by atoms with van der Waals surface area (Å²) in [4.78, 5) is 2.00. The van der Waals surface area contributed by atoms with Crippen LogP contribution in [-0.2, 0) is 12.8 Å². The number of ether oxygens (including phenoxy) is 2. The topological polar surface area (TPSA) is 21.7 Å². The van der Waals surface area contributed by atoms with Gasteiger partial charge in [0, 0.05) is 0 Å². The predicted molar refractivity (Wildman–Crippen MR) is 97.9 cm³/mol. The Hall–Kier alpha value is -2.00. The number of methoxy groups -OCH3 is 1. The van der Waals surface area contributed by atoms with Crippen LogP contribution in [-0.4, -0.2) is 33.2 Å². The van der Waals surface area contributed by atoms with Gasteiger partial charge in [0.1, 0.15) is 5.75 Å². The molecule has 0 aliphatic rings. The van der Waals surface area contributed by atoms with Gasteiger partial charge in [-0.05, 0) is 69.4 Å². The van der Waals surface area contributed by atoms with E-state index >= 15 is 0 Å². The van der Waals surface area contributed by atoms with Gasteiger partial charge in [-0.3, -0.25) is 0 Å². The van der Waals surface area contributed by atoms with Crippen LogP contribution in [0.1, 0.15) is 25.0 Å². The summed E-state index contributed by atoms with van der Waals surface area (Å²) in [5, 5.41) is 0. The Morgan fingerprint density at radius 2 is 1.30 bits per heavy atom. The van der Waals surface area contributed by atoms with Gasteiger partial charge in [-0.1, -0.05) is 32.0 Å². The van der Waals surface area contributed by atoms with Crippen molar-refractivity contribution < 1.29 is 9.47 Å². The van der Waals surface area contributed by atoms with Gasteiger partial charge in [-0.25, -0.2) is 0 Å². The normalized spacial score (nSPS) is 10.0. The first-order valence-corrected chi connectivity index (χ1v) is 8.04. The van der Waals surface area contributed by atoms with Crippen LogP contribution < -0.4 is 9.47 Å². The summed E-state index contributed by atoms with van der Waals surface area (Å²) in [6.45, 7) is 4.27. The SMILES string of the molecule is CCc1ccc(Oc2cc(CC)ccc2OC)cc1.CN(C)C. The van der Waals surface area contributed by atoms with E-state index in [1.165, 1.54) is 11.1 Å². The van der Waals surface area contributed by atoms with Crippen LogP contribution in [0, 0.1) is 0 Å². The highest BCUT2D eigenvalue weighted by atomic mass is 16.5. The van der Waals surface area contributed by atoms with E-state index in [1.54, 1.807) is 7.11 Å². The molecule has 0 saturated heterocycles. The number of aryl methyl sites for hydroxylation is 2. The van der Waals surface area contributed by atoms with Crippen LogP contribution in [0.4, 0.5) is 0 Å². The number of hydrogen-bond donors (Lipinski definition) is 0. The van der Waals surface area contributed by atoms with Crippen molar-refractivity contribution in [2.45, 2.75) is 26.7 Å². The fourth-order valence-corrected chi connectivity index (χ4v) is 1.94. The Morgan fingerprint density at radius 1 is 0.783 bits per heavy atom. The summed E-state index contributed by atoms with van der Waals surface area (Å²) in [6.07, 6.45) is 2.02. The zero-order valence-corrected chi connectivity index (χ0v) is 15.2. The Morgan fingerprint density at radius 3 is 1.78 bits per heavy atom. The van der Waals surface area contributed by atoms with E-state index in [9.17, 15) is 0 Å². The number of nitrogens with zero attached hydrogens (tertiary/aromatic N) is 1. The third-order valence-corrected chi connectivity index (χ3v) is 3.20. The monoisotopic (exact) mass is 315 g/mol. The summed E-state index contributed by atoms with van der Waals surface area (Å²) in [5.41, 5.74) is 2.54. The molecular weight excluding hydrogens is 286 g/mol. The second-order valence-corrected chi connectivity index (χ2v) is 5.78. The van der Waals surface area contributed by atoms with Crippen LogP contribution in [0.15, 0.2) is 42.5 Å². The third-order valence-electron chi connectivity index (χ3n) is 3.20. The van der Waals surface area contributed by atoms with Crippen LogP contribution >= 0.6 is 0 Å². The van der Waals surface area contributed by atoms with Crippen molar-refractivity contribution in [3.05, 3.63) is 53.6 Å². The van der Waals surface area contributed by atoms with Crippen molar-refractivity contribution in [1.82, 2.24) is 4.90 Å². The Balaban J connectivity index is 0.000000593. The lowest BCUT2D eigenvalue weighted by Crippen LogP contribution is -1.99. The van der Waals surface area contributed by atoms with Gasteiger partial charge in [0.2, 0.25) is 0 Å². The molecule has 2 aromatic carbocycles.